The Balaban J connectivity index is 2.08. The Morgan fingerprint density at radius 2 is 2.48 bits per heavy atom. The van der Waals surface area contributed by atoms with Crippen molar-refractivity contribution < 1.29 is 18.1 Å². The molecule has 2 heterocycles. The number of nitrogens with zero attached hydrogens (tertiary/aromatic N) is 4. The van der Waals surface area contributed by atoms with Crippen LogP contribution in [0.15, 0.2) is 11.2 Å². The lowest BCUT2D eigenvalue weighted by Gasteiger charge is -2.33. The number of aromatic nitrogens is 1. The van der Waals surface area contributed by atoms with Crippen molar-refractivity contribution in [1.29, 1.82) is 0 Å². The average molecular weight is 334 g/mol. The van der Waals surface area contributed by atoms with Gasteiger partial charge in [-0.2, -0.15) is 0 Å². The van der Waals surface area contributed by atoms with Gasteiger partial charge in [-0.1, -0.05) is 0 Å². The van der Waals surface area contributed by atoms with Crippen LogP contribution in [-0.4, -0.2) is 67.4 Å². The minimum Gasteiger partial charge on any atom is -0.383 e. The van der Waals surface area contributed by atoms with Crippen LogP contribution < -0.4 is 0 Å². The van der Waals surface area contributed by atoms with Crippen LogP contribution in [0.1, 0.15) is 0 Å². The molecule has 0 N–H and O–H groups in total. The van der Waals surface area contributed by atoms with E-state index in [9.17, 15) is 18.5 Å². The highest BCUT2D eigenvalue weighted by atomic mass is 32.2. The van der Waals surface area contributed by atoms with Gasteiger partial charge in [0, 0.05) is 13.7 Å². The summed E-state index contributed by atoms with van der Waals surface area (Å²) in [6, 6.07) is -0.313. The number of methoxy groups -OCH3 is 1. The zero-order valence-corrected chi connectivity index (χ0v) is 12.8. The Hall–Kier alpha value is -1.59. The molecule has 11 heteroatoms. The van der Waals surface area contributed by atoms with Crippen molar-refractivity contribution in [3.8, 4) is 0 Å². The number of rotatable bonds is 5. The number of aliphatic imine (C=N–C) groups is 1. The molecule has 2 rings (SSSR count). The molecule has 9 nitrogen and oxygen atoms in total. The van der Waals surface area contributed by atoms with Gasteiger partial charge < -0.3 is 9.64 Å². The molecule has 0 saturated carbocycles. The highest BCUT2D eigenvalue weighted by molar-refractivity contribution is 7.91. The van der Waals surface area contributed by atoms with E-state index in [2.05, 4.69) is 9.98 Å². The lowest BCUT2D eigenvalue weighted by molar-refractivity contribution is -0.380. The third-order valence-electron chi connectivity index (χ3n) is 2.91. The molecule has 0 bridgehead atoms. The third-order valence-corrected chi connectivity index (χ3v) is 5.47. The lowest BCUT2D eigenvalue weighted by Crippen LogP contribution is -2.49. The van der Waals surface area contributed by atoms with E-state index in [-0.39, 0.29) is 34.3 Å². The number of hydrogen-bond acceptors (Lipinski definition) is 8. The van der Waals surface area contributed by atoms with Crippen LogP contribution >= 0.6 is 11.3 Å². The Labute approximate surface area is 125 Å². The molecule has 1 atom stereocenters. The summed E-state index contributed by atoms with van der Waals surface area (Å²) in [5.41, 5.74) is 0. The summed E-state index contributed by atoms with van der Waals surface area (Å²) in [5.74, 6) is 0.0577. The average Bonchev–Trinajstić information content (AvgIpc) is 2.86. The minimum absolute atomic E-state index is 0.00484. The first-order valence-corrected chi connectivity index (χ1v) is 8.64. The van der Waals surface area contributed by atoms with E-state index in [0.29, 0.717) is 6.54 Å². The van der Waals surface area contributed by atoms with Crippen LogP contribution in [0.5, 0.6) is 0 Å². The van der Waals surface area contributed by atoms with Gasteiger partial charge in [-0.25, -0.2) is 18.4 Å². The van der Waals surface area contributed by atoms with E-state index < -0.39 is 14.8 Å². The summed E-state index contributed by atoms with van der Waals surface area (Å²) < 4.78 is 28.3. The Bertz CT molecular complexity index is 642. The van der Waals surface area contributed by atoms with Gasteiger partial charge in [-0.05, 0) is 11.3 Å². The summed E-state index contributed by atoms with van der Waals surface area (Å²) >= 11 is 0.860. The summed E-state index contributed by atoms with van der Waals surface area (Å²) in [6.07, 6.45) is 2.62. The molecule has 116 valence electrons. The molecule has 0 radical (unpaired) electrons. The van der Waals surface area contributed by atoms with Crippen LogP contribution in [0.3, 0.4) is 0 Å². The van der Waals surface area contributed by atoms with Gasteiger partial charge in [-0.15, -0.1) is 0 Å². The normalized spacial score (nSPS) is 21.8. The fraction of sp³-hybridized carbons (Fsp3) is 0.600. The Morgan fingerprint density at radius 1 is 1.71 bits per heavy atom. The molecule has 1 aliphatic heterocycles. The smallest absolute Gasteiger partial charge is 0.345 e. The van der Waals surface area contributed by atoms with Gasteiger partial charge in [0.25, 0.3) is 0 Å². The monoisotopic (exact) mass is 334 g/mol. The molecule has 1 saturated heterocycles. The van der Waals surface area contributed by atoms with Gasteiger partial charge in [0.05, 0.1) is 35.4 Å². The first-order chi connectivity index (χ1) is 9.91. The first-order valence-electron chi connectivity index (χ1n) is 6.01. The molecule has 1 aliphatic rings. The third kappa shape index (κ3) is 4.19. The molecule has 1 aromatic rings. The maximum Gasteiger partial charge on any atom is 0.345 e. The fourth-order valence-corrected chi connectivity index (χ4v) is 4.01. The number of sulfone groups is 1. The molecular weight excluding hydrogens is 320 g/mol. The summed E-state index contributed by atoms with van der Waals surface area (Å²) in [6.45, 7) is 0.580. The predicted molar refractivity (Wildman–Crippen MR) is 77.9 cm³/mol. The Morgan fingerprint density at radius 3 is 3.10 bits per heavy atom. The number of hydrogen-bond donors (Lipinski definition) is 0. The van der Waals surface area contributed by atoms with Crippen molar-refractivity contribution in [2.24, 2.45) is 4.99 Å². The first kappa shape index (κ1) is 15.8. The highest BCUT2D eigenvalue weighted by Crippen LogP contribution is 2.27. The van der Waals surface area contributed by atoms with Crippen LogP contribution in [0.2, 0.25) is 0 Å². The molecule has 1 fully saturated rings. The van der Waals surface area contributed by atoms with Crippen molar-refractivity contribution in [3.63, 3.8) is 0 Å². The zero-order chi connectivity index (χ0) is 15.5. The second-order valence-electron chi connectivity index (χ2n) is 4.44. The second kappa shape index (κ2) is 6.45. The van der Waals surface area contributed by atoms with Gasteiger partial charge in [0.2, 0.25) is 5.13 Å². The molecule has 1 aromatic heterocycles. The second-order valence-corrected chi connectivity index (χ2v) is 7.66. The maximum atomic E-state index is 11.6. The number of nitro groups is 1. The van der Waals surface area contributed by atoms with Gasteiger partial charge in [-0.3, -0.25) is 10.1 Å². The van der Waals surface area contributed by atoms with Crippen LogP contribution in [-0.2, 0) is 14.6 Å². The van der Waals surface area contributed by atoms with E-state index >= 15 is 0 Å². The van der Waals surface area contributed by atoms with E-state index in [0.717, 1.165) is 17.5 Å². The predicted octanol–water partition coefficient (Wildman–Crippen LogP) is 0.457. The topological polar surface area (TPSA) is 115 Å². The van der Waals surface area contributed by atoms with Crippen molar-refractivity contribution in [2.45, 2.75) is 6.04 Å². The van der Waals surface area contributed by atoms with Gasteiger partial charge in [0.15, 0.2) is 9.84 Å². The lowest BCUT2D eigenvalue weighted by atomic mass is 10.3. The molecule has 0 aliphatic carbocycles. The van der Waals surface area contributed by atoms with E-state index in [4.69, 9.17) is 4.74 Å². The van der Waals surface area contributed by atoms with E-state index in [1.54, 1.807) is 4.90 Å². The Kier molecular flexibility index (Phi) is 4.85. The minimum atomic E-state index is -3.06. The number of ether oxygens (including phenoxy) is 1. The molecular formula is C10H14N4O5S2. The molecule has 21 heavy (non-hydrogen) atoms. The van der Waals surface area contributed by atoms with Crippen molar-refractivity contribution >= 4 is 37.6 Å². The maximum absolute atomic E-state index is 11.6. The summed E-state index contributed by atoms with van der Waals surface area (Å²) in [7, 11) is -1.56. The molecule has 0 aromatic carbocycles. The highest BCUT2D eigenvalue weighted by Gasteiger charge is 2.29. The standard InChI is InChI=1S/C10H14N4O5S2/c1-19-5-8-6-21(17,18)3-2-13(8)7-12-10-11-4-9(20-10)14(15)16/h4,7-8H,2-3,5-6H2,1H3. The molecule has 0 spiro atoms. The fourth-order valence-electron chi connectivity index (χ4n) is 1.91. The number of thiazole rings is 1. The zero-order valence-electron chi connectivity index (χ0n) is 11.2. The summed E-state index contributed by atoms with van der Waals surface area (Å²) in [4.78, 5) is 19.7. The molecule has 0 amide bonds. The SMILES string of the molecule is COCC1CS(=O)(=O)CCN1C=Nc1ncc([N+](=O)[O-])s1. The quantitative estimate of drug-likeness (QED) is 0.332. The van der Waals surface area contributed by atoms with Crippen LogP contribution in [0.25, 0.3) is 0 Å². The summed E-state index contributed by atoms with van der Waals surface area (Å²) in [5, 5.41) is 10.7. The molecule has 1 unspecified atom stereocenters. The van der Waals surface area contributed by atoms with Crippen molar-refractivity contribution in [2.75, 3.05) is 31.8 Å². The van der Waals surface area contributed by atoms with E-state index in [1.807, 2.05) is 0 Å². The van der Waals surface area contributed by atoms with Gasteiger partial charge >= 0.3 is 5.00 Å². The van der Waals surface area contributed by atoms with Crippen LogP contribution in [0.4, 0.5) is 10.1 Å². The van der Waals surface area contributed by atoms with Crippen molar-refractivity contribution in [3.05, 3.63) is 16.3 Å². The van der Waals surface area contributed by atoms with Crippen molar-refractivity contribution in [1.82, 2.24) is 9.88 Å². The van der Waals surface area contributed by atoms with Crippen LogP contribution in [0, 0.1) is 10.1 Å². The van der Waals surface area contributed by atoms with Gasteiger partial charge in [0.1, 0.15) is 6.20 Å². The van der Waals surface area contributed by atoms with E-state index in [1.165, 1.54) is 13.4 Å². The largest absolute Gasteiger partial charge is 0.383 e.